The number of rotatable bonds is 1. The molecule has 0 bridgehead atoms. The standard InChI is InChI=1S/C5H10N2/c1-2-3-4-5(6)7/h2-4H,6-7H2,1H3/b3-2-. The summed E-state index contributed by atoms with van der Waals surface area (Å²) >= 11 is 0. The highest BCUT2D eigenvalue weighted by Crippen LogP contribution is 1.73. The van der Waals surface area contributed by atoms with Gasteiger partial charge in [-0.1, -0.05) is 12.2 Å². The van der Waals surface area contributed by atoms with Gasteiger partial charge in [-0.2, -0.15) is 0 Å². The molecule has 7 heavy (non-hydrogen) atoms. The summed E-state index contributed by atoms with van der Waals surface area (Å²) in [6.45, 7) is 1.90. The smallest absolute Gasteiger partial charge is 0.0933 e. The van der Waals surface area contributed by atoms with Crippen LogP contribution in [0.2, 0.25) is 0 Å². The molecule has 40 valence electrons. The average molecular weight is 98.1 g/mol. The fraction of sp³-hybridized carbons (Fsp3) is 0.200. The lowest BCUT2D eigenvalue weighted by molar-refractivity contribution is 1.25. The van der Waals surface area contributed by atoms with Crippen LogP contribution in [-0.4, -0.2) is 0 Å². The zero-order chi connectivity index (χ0) is 5.70. The highest BCUT2D eigenvalue weighted by Gasteiger charge is 1.65. The molecule has 0 heterocycles. The van der Waals surface area contributed by atoms with E-state index >= 15 is 0 Å². The lowest BCUT2D eigenvalue weighted by atomic mass is 10.5. The van der Waals surface area contributed by atoms with Crippen LogP contribution in [0.25, 0.3) is 0 Å². The van der Waals surface area contributed by atoms with E-state index in [1.54, 1.807) is 12.2 Å². The van der Waals surface area contributed by atoms with E-state index in [1.165, 1.54) is 0 Å². The second kappa shape index (κ2) is 3.28. The van der Waals surface area contributed by atoms with Gasteiger partial charge in [-0.25, -0.2) is 0 Å². The molecule has 0 aliphatic carbocycles. The summed E-state index contributed by atoms with van der Waals surface area (Å²) in [6.07, 6.45) is 5.29. The van der Waals surface area contributed by atoms with Crippen LogP contribution in [0.5, 0.6) is 0 Å². The van der Waals surface area contributed by atoms with Crippen LogP contribution in [0.1, 0.15) is 6.92 Å². The molecule has 0 radical (unpaired) electrons. The van der Waals surface area contributed by atoms with Crippen LogP contribution in [-0.2, 0) is 0 Å². The van der Waals surface area contributed by atoms with Crippen molar-refractivity contribution in [1.29, 1.82) is 0 Å². The lowest BCUT2D eigenvalue weighted by Gasteiger charge is -1.80. The molecule has 2 nitrogen and oxygen atoms in total. The zero-order valence-electron chi connectivity index (χ0n) is 4.39. The van der Waals surface area contributed by atoms with Gasteiger partial charge < -0.3 is 11.5 Å². The van der Waals surface area contributed by atoms with E-state index < -0.39 is 0 Å². The lowest BCUT2D eigenvalue weighted by Crippen LogP contribution is -2.06. The molecule has 0 fully saturated rings. The Labute approximate surface area is 43.5 Å². The first-order chi connectivity index (χ1) is 3.27. The minimum absolute atomic E-state index is 0.345. The van der Waals surface area contributed by atoms with E-state index in [-0.39, 0.29) is 0 Å². The molecule has 0 unspecified atom stereocenters. The Kier molecular flexibility index (Phi) is 2.85. The monoisotopic (exact) mass is 98.1 g/mol. The van der Waals surface area contributed by atoms with Crippen molar-refractivity contribution in [3.05, 3.63) is 24.0 Å². The molecule has 0 atom stereocenters. The Morgan fingerprint density at radius 3 is 2.14 bits per heavy atom. The van der Waals surface area contributed by atoms with Gasteiger partial charge >= 0.3 is 0 Å². The highest BCUT2D eigenvalue weighted by molar-refractivity contribution is 5.05. The number of allylic oxidation sites excluding steroid dienone is 3. The molecule has 0 saturated carbocycles. The normalized spacial score (nSPS) is 9.29. The summed E-state index contributed by atoms with van der Waals surface area (Å²) in [5.74, 6) is 0.345. The second-order valence-corrected chi connectivity index (χ2v) is 1.19. The molecule has 0 spiro atoms. The largest absolute Gasteiger partial charge is 0.386 e. The molecule has 4 N–H and O–H groups in total. The van der Waals surface area contributed by atoms with Gasteiger partial charge in [-0.15, -0.1) is 0 Å². The van der Waals surface area contributed by atoms with Crippen molar-refractivity contribution in [3.63, 3.8) is 0 Å². The molecule has 0 aromatic carbocycles. The van der Waals surface area contributed by atoms with Gasteiger partial charge in [-0.05, 0) is 13.0 Å². The van der Waals surface area contributed by atoms with Crippen LogP contribution in [0.4, 0.5) is 0 Å². The van der Waals surface area contributed by atoms with Crippen LogP contribution >= 0.6 is 0 Å². The van der Waals surface area contributed by atoms with Crippen molar-refractivity contribution in [2.24, 2.45) is 11.5 Å². The van der Waals surface area contributed by atoms with Crippen LogP contribution in [0, 0.1) is 0 Å². The predicted molar refractivity (Wildman–Crippen MR) is 31.3 cm³/mol. The maximum atomic E-state index is 5.07. The van der Waals surface area contributed by atoms with Gasteiger partial charge in [0, 0.05) is 0 Å². The van der Waals surface area contributed by atoms with Gasteiger partial charge in [0.1, 0.15) is 0 Å². The van der Waals surface area contributed by atoms with E-state index in [9.17, 15) is 0 Å². The van der Waals surface area contributed by atoms with Gasteiger partial charge in [0.25, 0.3) is 0 Å². The summed E-state index contributed by atoms with van der Waals surface area (Å²) in [7, 11) is 0. The van der Waals surface area contributed by atoms with Crippen molar-refractivity contribution in [1.82, 2.24) is 0 Å². The van der Waals surface area contributed by atoms with E-state index in [0.29, 0.717) is 5.82 Å². The maximum Gasteiger partial charge on any atom is 0.0933 e. The minimum atomic E-state index is 0.345. The molecule has 0 aromatic heterocycles. The minimum Gasteiger partial charge on any atom is -0.386 e. The Balaban J connectivity index is 3.46. The van der Waals surface area contributed by atoms with Gasteiger partial charge in [0.2, 0.25) is 0 Å². The summed E-state index contributed by atoms with van der Waals surface area (Å²) in [4.78, 5) is 0. The number of hydrogen-bond acceptors (Lipinski definition) is 2. The quantitative estimate of drug-likeness (QED) is 0.464. The third-order valence-electron chi connectivity index (χ3n) is 0.481. The number of hydrogen-bond donors (Lipinski definition) is 2. The van der Waals surface area contributed by atoms with Crippen molar-refractivity contribution >= 4 is 0 Å². The first-order valence-electron chi connectivity index (χ1n) is 2.11. The maximum absolute atomic E-state index is 5.07. The number of nitrogens with two attached hydrogens (primary N) is 2. The summed E-state index contributed by atoms with van der Waals surface area (Å²) in [6, 6.07) is 0. The Bertz CT molecular complexity index is 88.3. The molecule has 2 heteroatoms. The molecular weight excluding hydrogens is 88.1 g/mol. The molecule has 0 saturated heterocycles. The molecule has 0 aromatic rings. The Hall–Kier alpha value is -0.920. The summed E-state index contributed by atoms with van der Waals surface area (Å²) in [5, 5.41) is 0. The SMILES string of the molecule is C/C=C\C=C(N)N. The summed E-state index contributed by atoms with van der Waals surface area (Å²) in [5.41, 5.74) is 10.1. The molecule has 0 amide bonds. The van der Waals surface area contributed by atoms with Gasteiger partial charge in [-0.3, -0.25) is 0 Å². The van der Waals surface area contributed by atoms with Crippen molar-refractivity contribution in [3.8, 4) is 0 Å². The van der Waals surface area contributed by atoms with E-state index in [2.05, 4.69) is 0 Å². The second-order valence-electron chi connectivity index (χ2n) is 1.19. The first-order valence-corrected chi connectivity index (χ1v) is 2.11. The fourth-order valence-corrected chi connectivity index (χ4v) is 0.207. The van der Waals surface area contributed by atoms with Crippen LogP contribution in [0.3, 0.4) is 0 Å². The Morgan fingerprint density at radius 1 is 1.43 bits per heavy atom. The zero-order valence-corrected chi connectivity index (χ0v) is 4.39. The highest BCUT2D eigenvalue weighted by atomic mass is 14.8. The van der Waals surface area contributed by atoms with E-state index in [1.807, 2.05) is 13.0 Å². The summed E-state index contributed by atoms with van der Waals surface area (Å²) < 4.78 is 0. The van der Waals surface area contributed by atoms with E-state index in [4.69, 9.17) is 11.5 Å². The fourth-order valence-electron chi connectivity index (χ4n) is 0.207. The van der Waals surface area contributed by atoms with E-state index in [0.717, 1.165) is 0 Å². The Morgan fingerprint density at radius 2 is 2.00 bits per heavy atom. The molecule has 0 aliphatic rings. The third kappa shape index (κ3) is 5.08. The van der Waals surface area contributed by atoms with Crippen LogP contribution in [0.15, 0.2) is 24.0 Å². The molecule has 0 aliphatic heterocycles. The van der Waals surface area contributed by atoms with Crippen molar-refractivity contribution < 1.29 is 0 Å². The third-order valence-corrected chi connectivity index (χ3v) is 0.481. The van der Waals surface area contributed by atoms with Gasteiger partial charge in [0.15, 0.2) is 0 Å². The molecule has 0 rings (SSSR count). The average Bonchev–Trinajstić information content (AvgIpc) is 1.61. The molecular formula is C5H10N2. The first kappa shape index (κ1) is 6.08. The predicted octanol–water partition coefficient (Wildman–Crippen LogP) is 0.321. The topological polar surface area (TPSA) is 52.0 Å². The van der Waals surface area contributed by atoms with Gasteiger partial charge in [0.05, 0.1) is 5.82 Å². The van der Waals surface area contributed by atoms with Crippen LogP contribution < -0.4 is 11.5 Å². The van der Waals surface area contributed by atoms with Crippen molar-refractivity contribution in [2.45, 2.75) is 6.92 Å². The van der Waals surface area contributed by atoms with Crippen molar-refractivity contribution in [2.75, 3.05) is 0 Å².